The maximum atomic E-state index is 10.9. The zero-order valence-corrected chi connectivity index (χ0v) is 15.1. The predicted molar refractivity (Wildman–Crippen MR) is 91.1 cm³/mol. The highest BCUT2D eigenvalue weighted by molar-refractivity contribution is 5.37. The Morgan fingerprint density at radius 1 is 1.12 bits per heavy atom. The number of aliphatic hydroxyl groups is 4. The lowest BCUT2D eigenvalue weighted by molar-refractivity contribution is -0.179. The smallest absolute Gasteiger partial charge is 0.0811 e. The molecule has 0 unspecified atom stereocenters. The number of rotatable bonds is 1. The first-order valence-electron chi connectivity index (χ1n) is 9.52. The molecule has 3 saturated carbocycles. The maximum Gasteiger partial charge on any atom is 0.0811 e. The van der Waals surface area contributed by atoms with Crippen LogP contribution in [0.5, 0.6) is 0 Å². The zero-order valence-electron chi connectivity index (χ0n) is 15.1. The van der Waals surface area contributed by atoms with Crippen LogP contribution in [0.1, 0.15) is 59.3 Å². The normalized spacial score (nSPS) is 59.5. The first-order valence-corrected chi connectivity index (χ1v) is 9.52. The second-order valence-electron chi connectivity index (χ2n) is 9.78. The van der Waals surface area contributed by atoms with Crippen molar-refractivity contribution in [1.82, 2.24) is 0 Å². The molecule has 4 nitrogen and oxygen atoms in total. The van der Waals surface area contributed by atoms with Gasteiger partial charge in [-0.1, -0.05) is 19.9 Å². The summed E-state index contributed by atoms with van der Waals surface area (Å²) >= 11 is 0. The molecule has 4 rings (SSSR count). The third kappa shape index (κ3) is 1.74. The lowest BCUT2D eigenvalue weighted by Gasteiger charge is -2.64. The van der Waals surface area contributed by atoms with E-state index in [4.69, 9.17) is 0 Å². The molecule has 3 fully saturated rings. The molecule has 0 radical (unpaired) electrons. The van der Waals surface area contributed by atoms with Gasteiger partial charge in [0.15, 0.2) is 0 Å². The van der Waals surface area contributed by atoms with Crippen molar-refractivity contribution in [1.29, 1.82) is 0 Å². The first kappa shape index (κ1) is 17.0. The van der Waals surface area contributed by atoms with Crippen molar-refractivity contribution in [3.8, 4) is 0 Å². The van der Waals surface area contributed by atoms with Crippen LogP contribution in [-0.2, 0) is 0 Å². The van der Waals surface area contributed by atoms with Gasteiger partial charge in [0.2, 0.25) is 0 Å². The molecule has 4 aliphatic carbocycles. The Hall–Kier alpha value is -0.420. The van der Waals surface area contributed by atoms with Gasteiger partial charge in [-0.25, -0.2) is 0 Å². The van der Waals surface area contributed by atoms with Crippen LogP contribution < -0.4 is 0 Å². The van der Waals surface area contributed by atoms with Crippen LogP contribution in [0.15, 0.2) is 11.6 Å². The zero-order chi connectivity index (χ0) is 17.5. The fourth-order valence-electron chi connectivity index (χ4n) is 7.19. The molecular formula is C20H32O4. The minimum absolute atomic E-state index is 0.00261. The van der Waals surface area contributed by atoms with Crippen LogP contribution in [0.3, 0.4) is 0 Å². The quantitative estimate of drug-likeness (QED) is 0.552. The lowest BCUT2D eigenvalue weighted by Crippen LogP contribution is -2.61. The summed E-state index contributed by atoms with van der Waals surface area (Å²) in [5, 5.41) is 42.4. The Morgan fingerprint density at radius 3 is 2.50 bits per heavy atom. The van der Waals surface area contributed by atoms with Crippen molar-refractivity contribution in [3.63, 3.8) is 0 Å². The Labute approximate surface area is 144 Å². The monoisotopic (exact) mass is 336 g/mol. The standard InChI is InChI=1S/C20H32O4/c1-17(11-21)14-5-4-12-16(23)13-10-20(12,9-8-19(13,3)24)18(14,2)7-6-15(17)22/h4,13-16,21-24H,5-11H2,1-3H3/t13-,14-,15+,16-,17-,18-,19+,20-/m0/s1. The van der Waals surface area contributed by atoms with Gasteiger partial charge < -0.3 is 20.4 Å². The Morgan fingerprint density at radius 2 is 1.83 bits per heavy atom. The second kappa shape index (κ2) is 4.85. The average Bonchev–Trinajstić information content (AvgIpc) is 2.81. The fraction of sp³-hybridized carbons (Fsp3) is 0.900. The van der Waals surface area contributed by atoms with Gasteiger partial charge in [-0.15, -0.1) is 0 Å². The molecule has 0 aliphatic heterocycles. The third-order valence-electron chi connectivity index (χ3n) is 8.95. The van der Waals surface area contributed by atoms with Gasteiger partial charge >= 0.3 is 0 Å². The molecule has 0 heterocycles. The van der Waals surface area contributed by atoms with Gasteiger partial charge in [0.1, 0.15) is 0 Å². The molecular weight excluding hydrogens is 304 g/mol. The van der Waals surface area contributed by atoms with E-state index in [0.717, 1.165) is 31.3 Å². The van der Waals surface area contributed by atoms with Crippen molar-refractivity contribution < 1.29 is 20.4 Å². The summed E-state index contributed by atoms with van der Waals surface area (Å²) in [6, 6.07) is 0. The molecule has 1 spiro atoms. The van der Waals surface area contributed by atoms with E-state index < -0.39 is 23.2 Å². The number of hydrogen-bond donors (Lipinski definition) is 4. The van der Waals surface area contributed by atoms with Crippen molar-refractivity contribution in [3.05, 3.63) is 11.6 Å². The highest BCUT2D eigenvalue weighted by atomic mass is 16.3. The van der Waals surface area contributed by atoms with E-state index in [0.29, 0.717) is 12.8 Å². The minimum Gasteiger partial charge on any atom is -0.396 e. The highest BCUT2D eigenvalue weighted by Gasteiger charge is 2.70. The molecule has 24 heavy (non-hydrogen) atoms. The Balaban J connectivity index is 1.84. The van der Waals surface area contributed by atoms with Gasteiger partial charge in [0.25, 0.3) is 0 Å². The van der Waals surface area contributed by atoms with Crippen LogP contribution in [0.4, 0.5) is 0 Å². The number of aliphatic hydroxyl groups excluding tert-OH is 3. The molecule has 0 aromatic rings. The van der Waals surface area contributed by atoms with E-state index in [1.165, 1.54) is 0 Å². The fourth-order valence-corrected chi connectivity index (χ4v) is 7.19. The van der Waals surface area contributed by atoms with Crippen molar-refractivity contribution in [2.24, 2.45) is 28.1 Å². The van der Waals surface area contributed by atoms with E-state index in [9.17, 15) is 20.4 Å². The van der Waals surface area contributed by atoms with Crippen LogP contribution >= 0.6 is 0 Å². The van der Waals surface area contributed by atoms with E-state index >= 15 is 0 Å². The summed E-state index contributed by atoms with van der Waals surface area (Å²) in [6.07, 6.45) is 6.03. The van der Waals surface area contributed by atoms with Crippen molar-refractivity contribution in [2.45, 2.75) is 77.1 Å². The summed E-state index contributed by atoms with van der Waals surface area (Å²) in [7, 11) is 0. The highest BCUT2D eigenvalue weighted by Crippen LogP contribution is 2.73. The number of fused-ring (bicyclic) bond motifs is 2. The summed E-state index contributed by atoms with van der Waals surface area (Å²) < 4.78 is 0. The SMILES string of the molecule is C[C@@]1(CO)[C@H](O)CC[C@@]2(C)[C@H]1CC=C1[C@H](O)[C@@H]3C[C@@]12CC[C@@]3(C)O. The van der Waals surface area contributed by atoms with E-state index in [1.54, 1.807) is 0 Å². The molecule has 0 amide bonds. The summed E-state index contributed by atoms with van der Waals surface area (Å²) in [4.78, 5) is 0. The first-order chi connectivity index (χ1) is 11.1. The maximum absolute atomic E-state index is 10.9. The van der Waals surface area contributed by atoms with Gasteiger partial charge in [0.05, 0.1) is 24.4 Å². The summed E-state index contributed by atoms with van der Waals surface area (Å²) in [6.45, 7) is 6.21. The molecule has 4 heteroatoms. The van der Waals surface area contributed by atoms with Crippen molar-refractivity contribution in [2.75, 3.05) is 6.61 Å². The average molecular weight is 336 g/mol. The Bertz CT molecular complexity index is 584. The van der Waals surface area contributed by atoms with E-state index in [2.05, 4.69) is 13.0 Å². The molecule has 2 bridgehead atoms. The second-order valence-corrected chi connectivity index (χ2v) is 9.78. The lowest BCUT2D eigenvalue weighted by atomic mass is 9.41. The van der Waals surface area contributed by atoms with Crippen LogP contribution in [0.2, 0.25) is 0 Å². The molecule has 0 saturated heterocycles. The molecule has 0 aromatic heterocycles. The van der Waals surface area contributed by atoms with Gasteiger partial charge in [-0.3, -0.25) is 0 Å². The van der Waals surface area contributed by atoms with E-state index in [-0.39, 0.29) is 29.3 Å². The van der Waals surface area contributed by atoms with Gasteiger partial charge in [-0.05, 0) is 62.4 Å². The third-order valence-corrected chi connectivity index (χ3v) is 8.95. The van der Waals surface area contributed by atoms with Crippen molar-refractivity contribution >= 4 is 0 Å². The van der Waals surface area contributed by atoms with Crippen LogP contribution in [-0.4, -0.2) is 44.8 Å². The summed E-state index contributed by atoms with van der Waals surface area (Å²) in [5.41, 5.74) is -0.282. The minimum atomic E-state index is -0.802. The number of allylic oxidation sites excluding steroid dienone is 1. The van der Waals surface area contributed by atoms with Crippen LogP contribution in [0, 0.1) is 28.1 Å². The predicted octanol–water partition coefficient (Wildman–Crippen LogP) is 2.00. The largest absolute Gasteiger partial charge is 0.396 e. The molecule has 4 N–H and O–H groups in total. The molecule has 8 atom stereocenters. The molecule has 0 aromatic carbocycles. The molecule has 4 aliphatic rings. The van der Waals surface area contributed by atoms with Gasteiger partial charge in [-0.2, -0.15) is 0 Å². The number of hydrogen-bond acceptors (Lipinski definition) is 4. The van der Waals surface area contributed by atoms with Crippen LogP contribution in [0.25, 0.3) is 0 Å². The Kier molecular flexibility index (Phi) is 3.44. The van der Waals surface area contributed by atoms with Gasteiger partial charge in [0, 0.05) is 16.7 Å². The molecule has 136 valence electrons. The van der Waals surface area contributed by atoms with E-state index in [1.807, 2.05) is 13.8 Å². The summed E-state index contributed by atoms with van der Waals surface area (Å²) in [5.74, 6) is 0.108. The topological polar surface area (TPSA) is 80.9 Å².